The van der Waals surface area contributed by atoms with Gasteiger partial charge in [-0.1, -0.05) is 12.1 Å². The quantitative estimate of drug-likeness (QED) is 0.889. The molecule has 1 aliphatic heterocycles. The Bertz CT molecular complexity index is 765. The summed E-state index contributed by atoms with van der Waals surface area (Å²) in [5.74, 6) is -1.01. The number of carbonyl (C=O) groups excluding carboxylic acids is 1. The van der Waals surface area contributed by atoms with E-state index in [2.05, 4.69) is 10.6 Å². The monoisotopic (exact) mass is 281 g/mol. The molecule has 0 atom stereocenters. The lowest BCUT2D eigenvalue weighted by atomic mass is 10.1. The summed E-state index contributed by atoms with van der Waals surface area (Å²) < 4.78 is 13.5. The average Bonchev–Trinajstić information content (AvgIpc) is 2.94. The van der Waals surface area contributed by atoms with E-state index in [0.29, 0.717) is 5.56 Å². The van der Waals surface area contributed by atoms with Gasteiger partial charge >= 0.3 is 0 Å². The van der Waals surface area contributed by atoms with Gasteiger partial charge in [-0.15, -0.1) is 0 Å². The van der Waals surface area contributed by atoms with Crippen LogP contribution in [0.15, 0.2) is 36.4 Å². The maximum atomic E-state index is 13.5. The number of carbonyl (C=O) groups is 1. The van der Waals surface area contributed by atoms with Crippen molar-refractivity contribution in [1.82, 2.24) is 0 Å². The van der Waals surface area contributed by atoms with E-state index >= 15 is 0 Å². The minimum atomic E-state index is -0.647. The van der Waals surface area contributed by atoms with Gasteiger partial charge in [0, 0.05) is 17.8 Å². The number of halogens is 1. The molecule has 0 saturated carbocycles. The fourth-order valence-corrected chi connectivity index (χ4v) is 2.37. The van der Waals surface area contributed by atoms with Crippen molar-refractivity contribution < 1.29 is 9.18 Å². The van der Waals surface area contributed by atoms with Gasteiger partial charge in [0.1, 0.15) is 17.4 Å². The summed E-state index contributed by atoms with van der Waals surface area (Å²) in [6, 6.07) is 11.3. The molecule has 0 aromatic heterocycles. The molecule has 21 heavy (non-hydrogen) atoms. The van der Waals surface area contributed by atoms with Gasteiger partial charge in [-0.2, -0.15) is 5.26 Å². The van der Waals surface area contributed by atoms with Gasteiger partial charge < -0.3 is 10.6 Å². The molecular formula is C16H12FN3O. The highest BCUT2D eigenvalue weighted by molar-refractivity contribution is 6.05. The summed E-state index contributed by atoms with van der Waals surface area (Å²) in [6.45, 7) is 0.864. The third kappa shape index (κ3) is 2.43. The number of benzene rings is 2. The number of rotatable bonds is 2. The van der Waals surface area contributed by atoms with Crippen molar-refractivity contribution in [3.8, 4) is 6.07 Å². The van der Waals surface area contributed by atoms with Gasteiger partial charge in [-0.05, 0) is 36.2 Å². The van der Waals surface area contributed by atoms with Crippen LogP contribution in [0.5, 0.6) is 0 Å². The zero-order valence-electron chi connectivity index (χ0n) is 11.1. The van der Waals surface area contributed by atoms with Crippen LogP contribution in [0, 0.1) is 17.1 Å². The van der Waals surface area contributed by atoms with E-state index in [1.807, 2.05) is 6.07 Å². The Balaban J connectivity index is 1.87. The first kappa shape index (κ1) is 13.1. The van der Waals surface area contributed by atoms with Gasteiger partial charge in [-0.25, -0.2) is 4.39 Å². The molecule has 0 unspecified atom stereocenters. The normalized spacial score (nSPS) is 12.2. The highest BCUT2D eigenvalue weighted by atomic mass is 19.1. The summed E-state index contributed by atoms with van der Waals surface area (Å²) in [4.78, 5) is 12.2. The minimum absolute atomic E-state index is 0.162. The molecule has 0 spiro atoms. The second-order valence-electron chi connectivity index (χ2n) is 4.78. The van der Waals surface area contributed by atoms with Crippen molar-refractivity contribution in [2.75, 3.05) is 17.2 Å². The smallest absolute Gasteiger partial charge is 0.255 e. The van der Waals surface area contributed by atoms with Crippen molar-refractivity contribution in [1.29, 1.82) is 5.26 Å². The predicted octanol–water partition coefficient (Wildman–Crippen LogP) is 2.92. The van der Waals surface area contributed by atoms with Crippen LogP contribution in [-0.2, 0) is 6.42 Å². The van der Waals surface area contributed by atoms with Gasteiger partial charge in [0.2, 0.25) is 0 Å². The number of nitrogens with zero attached hydrogens (tertiary/aromatic N) is 1. The molecule has 2 N–H and O–H groups in total. The standard InChI is InChI=1S/C16H12FN3O/c17-13-2-1-3-14(12(13)9-18)20-16(21)11-5-4-10-6-7-19-15(10)8-11/h1-5,8,19H,6-7H2,(H,20,21). The molecule has 5 heteroatoms. The number of fused-ring (bicyclic) bond motifs is 1. The Morgan fingerprint density at radius 1 is 1.33 bits per heavy atom. The molecule has 4 nitrogen and oxygen atoms in total. The molecule has 0 bridgehead atoms. The first-order valence-corrected chi connectivity index (χ1v) is 6.56. The zero-order chi connectivity index (χ0) is 14.8. The lowest BCUT2D eigenvalue weighted by Crippen LogP contribution is -2.13. The number of amides is 1. The molecule has 1 aliphatic rings. The van der Waals surface area contributed by atoms with Crippen LogP contribution in [-0.4, -0.2) is 12.5 Å². The van der Waals surface area contributed by atoms with E-state index in [0.717, 1.165) is 18.7 Å². The van der Waals surface area contributed by atoms with E-state index in [-0.39, 0.29) is 17.2 Å². The number of nitriles is 1. The van der Waals surface area contributed by atoms with Crippen LogP contribution in [0.25, 0.3) is 0 Å². The summed E-state index contributed by atoms with van der Waals surface area (Å²) >= 11 is 0. The Morgan fingerprint density at radius 2 is 2.19 bits per heavy atom. The van der Waals surface area contributed by atoms with Crippen molar-refractivity contribution >= 4 is 17.3 Å². The Morgan fingerprint density at radius 3 is 3.00 bits per heavy atom. The number of hydrogen-bond donors (Lipinski definition) is 2. The second kappa shape index (κ2) is 5.25. The molecule has 2 aromatic carbocycles. The largest absolute Gasteiger partial charge is 0.384 e. The molecule has 104 valence electrons. The van der Waals surface area contributed by atoms with E-state index < -0.39 is 5.82 Å². The van der Waals surface area contributed by atoms with Crippen molar-refractivity contribution in [3.05, 3.63) is 58.9 Å². The SMILES string of the molecule is N#Cc1c(F)cccc1NC(=O)c1ccc2c(c1)NCC2. The molecule has 0 fully saturated rings. The third-order valence-electron chi connectivity index (χ3n) is 3.46. The second-order valence-corrected chi connectivity index (χ2v) is 4.78. The average molecular weight is 281 g/mol. The summed E-state index contributed by atoms with van der Waals surface area (Å²) in [5.41, 5.74) is 2.61. The number of hydrogen-bond acceptors (Lipinski definition) is 3. The summed E-state index contributed by atoms with van der Waals surface area (Å²) in [5, 5.41) is 14.7. The van der Waals surface area contributed by atoms with Crippen LogP contribution in [0.3, 0.4) is 0 Å². The van der Waals surface area contributed by atoms with Gasteiger partial charge in [-0.3, -0.25) is 4.79 Å². The number of anilines is 2. The minimum Gasteiger partial charge on any atom is -0.384 e. The van der Waals surface area contributed by atoms with Crippen LogP contribution >= 0.6 is 0 Å². The van der Waals surface area contributed by atoms with Crippen LogP contribution < -0.4 is 10.6 Å². The highest BCUT2D eigenvalue weighted by Gasteiger charge is 2.15. The van der Waals surface area contributed by atoms with E-state index in [4.69, 9.17) is 5.26 Å². The molecule has 0 aliphatic carbocycles. The first-order chi connectivity index (χ1) is 10.2. The summed E-state index contributed by atoms with van der Waals surface area (Å²) in [7, 11) is 0. The Labute approximate surface area is 121 Å². The molecule has 0 saturated heterocycles. The Hall–Kier alpha value is -2.87. The highest BCUT2D eigenvalue weighted by Crippen LogP contribution is 2.24. The molecule has 2 aromatic rings. The predicted molar refractivity (Wildman–Crippen MR) is 77.7 cm³/mol. The lowest BCUT2D eigenvalue weighted by Gasteiger charge is -2.09. The van der Waals surface area contributed by atoms with Gasteiger partial charge in [0.25, 0.3) is 5.91 Å². The van der Waals surface area contributed by atoms with Gasteiger partial charge in [0.05, 0.1) is 5.69 Å². The third-order valence-corrected chi connectivity index (χ3v) is 3.46. The van der Waals surface area contributed by atoms with Crippen molar-refractivity contribution in [3.63, 3.8) is 0 Å². The van der Waals surface area contributed by atoms with Crippen LogP contribution in [0.4, 0.5) is 15.8 Å². The van der Waals surface area contributed by atoms with E-state index in [1.54, 1.807) is 18.2 Å². The molecule has 3 rings (SSSR count). The molecular weight excluding hydrogens is 269 g/mol. The molecule has 1 amide bonds. The summed E-state index contributed by atoms with van der Waals surface area (Å²) in [6.07, 6.45) is 0.944. The first-order valence-electron chi connectivity index (χ1n) is 6.56. The van der Waals surface area contributed by atoms with Crippen LogP contribution in [0.1, 0.15) is 21.5 Å². The molecule has 0 radical (unpaired) electrons. The lowest BCUT2D eigenvalue weighted by molar-refractivity contribution is 0.102. The van der Waals surface area contributed by atoms with E-state index in [9.17, 15) is 9.18 Å². The fraction of sp³-hybridized carbons (Fsp3) is 0.125. The Kier molecular flexibility index (Phi) is 3.28. The van der Waals surface area contributed by atoms with Crippen LogP contribution in [0.2, 0.25) is 0 Å². The van der Waals surface area contributed by atoms with Crippen molar-refractivity contribution in [2.45, 2.75) is 6.42 Å². The van der Waals surface area contributed by atoms with E-state index in [1.165, 1.54) is 23.8 Å². The van der Waals surface area contributed by atoms with Crippen molar-refractivity contribution in [2.24, 2.45) is 0 Å². The number of nitrogens with one attached hydrogen (secondary N) is 2. The topological polar surface area (TPSA) is 64.9 Å². The van der Waals surface area contributed by atoms with Gasteiger partial charge in [0.15, 0.2) is 0 Å². The fourth-order valence-electron chi connectivity index (χ4n) is 2.37. The molecule has 1 heterocycles. The zero-order valence-corrected chi connectivity index (χ0v) is 11.1. The maximum absolute atomic E-state index is 13.5. The maximum Gasteiger partial charge on any atom is 0.255 e.